The van der Waals surface area contributed by atoms with E-state index in [9.17, 15) is 4.79 Å². The molecule has 0 radical (unpaired) electrons. The first-order chi connectivity index (χ1) is 16.8. The van der Waals surface area contributed by atoms with Crippen LogP contribution in [0, 0.1) is 12.8 Å². The molecule has 182 valence electrons. The molecule has 3 heterocycles. The van der Waals surface area contributed by atoms with E-state index in [0.29, 0.717) is 17.4 Å². The molecule has 0 atom stereocenters. The number of hydrogen-bond acceptors (Lipinski definition) is 6. The van der Waals surface area contributed by atoms with E-state index in [4.69, 9.17) is 26.1 Å². The van der Waals surface area contributed by atoms with Crippen LogP contribution in [0.1, 0.15) is 30.7 Å². The number of pyridine rings is 2. The van der Waals surface area contributed by atoms with E-state index in [1.807, 2.05) is 62.8 Å². The van der Waals surface area contributed by atoms with Gasteiger partial charge in [0, 0.05) is 54.4 Å². The summed E-state index contributed by atoms with van der Waals surface area (Å²) in [5, 5.41) is 8.48. The zero-order valence-electron chi connectivity index (χ0n) is 20.2. The maximum atomic E-state index is 12.0. The first-order valence-electron chi connectivity index (χ1n) is 11.4. The Kier molecular flexibility index (Phi) is 7.51. The Balaban J connectivity index is 1.58. The number of carbonyl (C=O) groups is 1. The molecule has 0 unspecified atom stereocenters. The second kappa shape index (κ2) is 10.7. The van der Waals surface area contributed by atoms with Crippen molar-refractivity contribution < 1.29 is 14.3 Å². The van der Waals surface area contributed by atoms with Crippen LogP contribution in [0.3, 0.4) is 0 Å². The van der Waals surface area contributed by atoms with Gasteiger partial charge in [0.15, 0.2) is 0 Å². The zero-order valence-corrected chi connectivity index (χ0v) is 21.0. The normalized spacial score (nSPS) is 11.1. The Morgan fingerprint density at radius 3 is 2.80 bits per heavy atom. The van der Waals surface area contributed by atoms with Crippen LogP contribution in [0.5, 0.6) is 5.75 Å². The van der Waals surface area contributed by atoms with Gasteiger partial charge in [-0.3, -0.25) is 9.67 Å². The highest BCUT2D eigenvalue weighted by molar-refractivity contribution is 6.31. The maximum Gasteiger partial charge on any atom is 0.407 e. The topological polar surface area (TPSA) is 91.2 Å². The van der Waals surface area contributed by atoms with Crippen molar-refractivity contribution in [2.75, 3.05) is 6.61 Å². The van der Waals surface area contributed by atoms with E-state index in [2.05, 4.69) is 15.4 Å². The van der Waals surface area contributed by atoms with Crippen molar-refractivity contribution in [1.29, 1.82) is 0 Å². The lowest BCUT2D eigenvalue weighted by atomic mass is 10.0. The molecular weight excluding hydrogens is 466 g/mol. The van der Waals surface area contributed by atoms with Crippen molar-refractivity contribution in [1.82, 2.24) is 25.1 Å². The Morgan fingerprint density at radius 1 is 1.23 bits per heavy atom. The maximum absolute atomic E-state index is 12.0. The summed E-state index contributed by atoms with van der Waals surface area (Å²) in [6, 6.07) is 9.87. The van der Waals surface area contributed by atoms with Crippen molar-refractivity contribution in [2.24, 2.45) is 13.0 Å². The van der Waals surface area contributed by atoms with Gasteiger partial charge in [0.05, 0.1) is 17.3 Å². The van der Waals surface area contributed by atoms with Crippen molar-refractivity contribution >= 4 is 28.6 Å². The minimum atomic E-state index is -0.484. The Labute approximate surface area is 209 Å². The number of amides is 1. The fraction of sp³-hybridized carbons (Fsp3) is 0.308. The number of carbonyl (C=O) groups excluding carboxylic acids is 1. The minimum Gasteiger partial charge on any atom is -0.487 e. The van der Waals surface area contributed by atoms with Crippen LogP contribution in [0.15, 0.2) is 48.9 Å². The number of nitrogens with one attached hydrogen (secondary N) is 1. The van der Waals surface area contributed by atoms with Crippen LogP contribution in [0.4, 0.5) is 4.79 Å². The van der Waals surface area contributed by atoms with Gasteiger partial charge in [0.2, 0.25) is 0 Å². The first-order valence-corrected chi connectivity index (χ1v) is 11.7. The molecule has 4 rings (SSSR count). The number of nitrogens with zero attached hydrogens (tertiary/aromatic N) is 4. The molecule has 35 heavy (non-hydrogen) atoms. The number of ether oxygens (including phenoxy) is 2. The summed E-state index contributed by atoms with van der Waals surface area (Å²) in [6.45, 7) is 6.68. The zero-order chi connectivity index (χ0) is 24.9. The number of para-hydroxylation sites is 1. The molecule has 4 aromatic rings. The standard InChI is InChI=1S/C26H28ClN5O3/c1-16(2)14-35-26(33)29-12-18-11-28-13-22(27)21(18)15-34-24-7-5-6-19-20(10-17(3)31-25(19)24)23-8-9-30-32(23)4/h5-11,13,16H,12,14-15H2,1-4H3,(H,29,33). The smallest absolute Gasteiger partial charge is 0.407 e. The Hall–Kier alpha value is -3.65. The lowest BCUT2D eigenvalue weighted by Crippen LogP contribution is -2.26. The van der Waals surface area contributed by atoms with Crippen LogP contribution in [-0.2, 0) is 24.9 Å². The second-order valence-electron chi connectivity index (χ2n) is 8.70. The lowest BCUT2D eigenvalue weighted by molar-refractivity contribution is 0.132. The lowest BCUT2D eigenvalue weighted by Gasteiger charge is -2.15. The third kappa shape index (κ3) is 5.71. The predicted octanol–water partition coefficient (Wildman–Crippen LogP) is 5.45. The molecule has 9 heteroatoms. The molecule has 0 aliphatic carbocycles. The highest BCUT2D eigenvalue weighted by Gasteiger charge is 2.15. The van der Waals surface area contributed by atoms with E-state index in [1.165, 1.54) is 0 Å². The van der Waals surface area contributed by atoms with Gasteiger partial charge >= 0.3 is 6.09 Å². The first kappa shape index (κ1) is 24.5. The summed E-state index contributed by atoms with van der Waals surface area (Å²) in [7, 11) is 1.91. The van der Waals surface area contributed by atoms with Crippen molar-refractivity contribution in [3.05, 3.63) is 70.8 Å². The number of aryl methyl sites for hydroxylation is 2. The second-order valence-corrected chi connectivity index (χ2v) is 9.10. The third-order valence-corrected chi connectivity index (χ3v) is 5.79. The van der Waals surface area contributed by atoms with Crippen molar-refractivity contribution in [3.63, 3.8) is 0 Å². The highest BCUT2D eigenvalue weighted by Crippen LogP contribution is 2.33. The Bertz CT molecular complexity index is 1350. The molecule has 0 aliphatic rings. The van der Waals surface area contributed by atoms with Gasteiger partial charge in [-0.15, -0.1) is 0 Å². The molecule has 8 nitrogen and oxygen atoms in total. The summed E-state index contributed by atoms with van der Waals surface area (Å²) >= 11 is 6.46. The van der Waals surface area contributed by atoms with Crippen LogP contribution < -0.4 is 10.1 Å². The molecule has 0 fully saturated rings. The molecular formula is C26H28ClN5O3. The average molecular weight is 494 g/mol. The van der Waals surface area contributed by atoms with Gasteiger partial charge in [-0.1, -0.05) is 37.6 Å². The van der Waals surface area contributed by atoms with Crippen molar-refractivity contribution in [2.45, 2.75) is 33.9 Å². The molecule has 0 spiro atoms. The minimum absolute atomic E-state index is 0.190. The number of fused-ring (bicyclic) bond motifs is 1. The summed E-state index contributed by atoms with van der Waals surface area (Å²) in [5.74, 6) is 0.895. The molecule has 1 amide bonds. The number of hydrogen-bond donors (Lipinski definition) is 1. The van der Waals surface area contributed by atoms with Gasteiger partial charge in [-0.2, -0.15) is 5.10 Å². The molecule has 0 saturated carbocycles. The monoisotopic (exact) mass is 493 g/mol. The molecule has 0 bridgehead atoms. The number of benzene rings is 1. The number of alkyl carbamates (subject to hydrolysis) is 1. The molecule has 0 saturated heterocycles. The molecule has 1 N–H and O–H groups in total. The molecule has 1 aromatic carbocycles. The quantitative estimate of drug-likeness (QED) is 0.351. The van der Waals surface area contributed by atoms with Crippen LogP contribution in [-0.4, -0.2) is 32.4 Å². The van der Waals surface area contributed by atoms with E-state index in [1.54, 1.807) is 18.6 Å². The van der Waals surface area contributed by atoms with Crippen LogP contribution in [0.25, 0.3) is 22.2 Å². The number of aromatic nitrogens is 4. The van der Waals surface area contributed by atoms with Crippen molar-refractivity contribution in [3.8, 4) is 17.0 Å². The number of halogens is 1. The van der Waals surface area contributed by atoms with Gasteiger partial charge in [0.25, 0.3) is 0 Å². The SMILES string of the molecule is Cc1cc(-c2ccnn2C)c2cccc(OCc3c(Cl)cncc3CNC(=O)OCC(C)C)c2n1. The predicted molar refractivity (Wildman–Crippen MR) is 135 cm³/mol. The fourth-order valence-corrected chi connectivity index (χ4v) is 3.98. The highest BCUT2D eigenvalue weighted by atomic mass is 35.5. The largest absolute Gasteiger partial charge is 0.487 e. The van der Waals surface area contributed by atoms with E-state index < -0.39 is 6.09 Å². The van der Waals surface area contributed by atoms with Crippen LogP contribution >= 0.6 is 11.6 Å². The average Bonchev–Trinajstić information content (AvgIpc) is 3.26. The fourth-order valence-electron chi connectivity index (χ4n) is 3.74. The van der Waals surface area contributed by atoms with E-state index in [-0.39, 0.29) is 19.1 Å². The van der Waals surface area contributed by atoms with Crippen LogP contribution in [0.2, 0.25) is 5.02 Å². The summed E-state index contributed by atoms with van der Waals surface area (Å²) < 4.78 is 13.3. The molecule has 3 aromatic heterocycles. The molecule has 0 aliphatic heterocycles. The third-order valence-electron chi connectivity index (χ3n) is 5.46. The summed E-state index contributed by atoms with van der Waals surface area (Å²) in [5.41, 5.74) is 5.14. The van der Waals surface area contributed by atoms with Gasteiger partial charge in [-0.25, -0.2) is 9.78 Å². The van der Waals surface area contributed by atoms with E-state index >= 15 is 0 Å². The summed E-state index contributed by atoms with van der Waals surface area (Å²) in [4.78, 5) is 20.9. The van der Waals surface area contributed by atoms with E-state index in [0.717, 1.165) is 39.0 Å². The van der Waals surface area contributed by atoms with Gasteiger partial charge < -0.3 is 14.8 Å². The Morgan fingerprint density at radius 2 is 2.06 bits per heavy atom. The van der Waals surface area contributed by atoms with Gasteiger partial charge in [0.1, 0.15) is 17.9 Å². The summed E-state index contributed by atoms with van der Waals surface area (Å²) in [6.07, 6.45) is 4.52. The number of rotatable bonds is 8. The van der Waals surface area contributed by atoms with Gasteiger partial charge in [-0.05, 0) is 36.6 Å².